The summed E-state index contributed by atoms with van der Waals surface area (Å²) in [5, 5.41) is 5.32. The molecule has 0 fully saturated rings. The van der Waals surface area contributed by atoms with Crippen molar-refractivity contribution in [3.05, 3.63) is 21.9 Å². The minimum absolute atomic E-state index is 0.113. The van der Waals surface area contributed by atoms with Crippen molar-refractivity contribution < 1.29 is 9.53 Å². The first-order valence-electron chi connectivity index (χ1n) is 7.79. The molecule has 2 heterocycles. The summed E-state index contributed by atoms with van der Waals surface area (Å²) in [5.41, 5.74) is 1.12. The molecule has 0 spiro atoms. The Bertz CT molecular complexity index is 416. The summed E-state index contributed by atoms with van der Waals surface area (Å²) >= 11 is 1.74. The van der Waals surface area contributed by atoms with E-state index in [1.165, 1.54) is 30.6 Å². The maximum Gasteiger partial charge on any atom is 0.327 e. The predicted octanol–water partition coefficient (Wildman–Crippen LogP) is 3.84. The van der Waals surface area contributed by atoms with E-state index in [0.717, 1.165) is 31.4 Å². The van der Waals surface area contributed by atoms with Crippen LogP contribution in [0.5, 0.6) is 0 Å². The van der Waals surface area contributed by atoms with Gasteiger partial charge >= 0.3 is 5.97 Å². The van der Waals surface area contributed by atoms with E-state index in [4.69, 9.17) is 4.74 Å². The Morgan fingerprint density at radius 3 is 3.00 bits per heavy atom. The number of rotatable bonds is 8. The van der Waals surface area contributed by atoms with Crippen LogP contribution in [0.1, 0.15) is 61.9 Å². The second kappa shape index (κ2) is 8.42. The van der Waals surface area contributed by atoms with E-state index in [0.29, 0.717) is 6.61 Å². The molecule has 4 heteroatoms. The predicted molar refractivity (Wildman–Crippen MR) is 83.1 cm³/mol. The van der Waals surface area contributed by atoms with E-state index in [1.54, 1.807) is 11.3 Å². The van der Waals surface area contributed by atoms with Crippen LogP contribution >= 0.6 is 11.3 Å². The van der Waals surface area contributed by atoms with Crippen molar-refractivity contribution in [1.82, 2.24) is 5.32 Å². The van der Waals surface area contributed by atoms with Crippen LogP contribution < -0.4 is 5.32 Å². The Hall–Kier alpha value is -0.870. The zero-order valence-electron chi connectivity index (χ0n) is 12.3. The van der Waals surface area contributed by atoms with Crippen LogP contribution in [0.3, 0.4) is 0 Å². The van der Waals surface area contributed by atoms with Crippen molar-refractivity contribution in [2.24, 2.45) is 0 Å². The third kappa shape index (κ3) is 4.32. The van der Waals surface area contributed by atoms with Gasteiger partial charge in [-0.1, -0.05) is 39.0 Å². The van der Waals surface area contributed by atoms with Gasteiger partial charge in [-0.3, -0.25) is 0 Å². The summed E-state index contributed by atoms with van der Waals surface area (Å²) in [6.07, 6.45) is 8.30. The summed E-state index contributed by atoms with van der Waals surface area (Å²) < 4.78 is 5.42. The summed E-state index contributed by atoms with van der Waals surface area (Å²) in [5.74, 6) is -0.113. The van der Waals surface area contributed by atoms with Crippen LogP contribution in [0.15, 0.2) is 11.4 Å². The SMILES string of the molecule is CCCCCCCCOC(=O)C1NCCc2sccc21. The first kappa shape index (κ1) is 15.5. The lowest BCUT2D eigenvalue weighted by Gasteiger charge is -2.22. The van der Waals surface area contributed by atoms with Crippen molar-refractivity contribution in [1.29, 1.82) is 0 Å². The molecule has 3 nitrogen and oxygen atoms in total. The molecule has 0 aromatic carbocycles. The van der Waals surface area contributed by atoms with Crippen LogP contribution in [0.4, 0.5) is 0 Å². The van der Waals surface area contributed by atoms with Crippen molar-refractivity contribution in [3.8, 4) is 0 Å². The third-order valence-corrected chi connectivity index (χ3v) is 4.77. The third-order valence-electron chi connectivity index (χ3n) is 3.77. The molecule has 0 radical (unpaired) electrons. The highest BCUT2D eigenvalue weighted by Gasteiger charge is 2.27. The van der Waals surface area contributed by atoms with Gasteiger partial charge in [0.1, 0.15) is 6.04 Å². The number of ether oxygens (including phenoxy) is 1. The molecular weight excluding hydrogens is 270 g/mol. The molecule has 0 saturated heterocycles. The Labute approximate surface area is 125 Å². The van der Waals surface area contributed by atoms with E-state index in [2.05, 4.69) is 17.6 Å². The maximum atomic E-state index is 12.1. The van der Waals surface area contributed by atoms with Gasteiger partial charge in [-0.15, -0.1) is 11.3 Å². The van der Waals surface area contributed by atoms with E-state index in [-0.39, 0.29) is 12.0 Å². The number of hydrogen-bond acceptors (Lipinski definition) is 4. The number of nitrogens with one attached hydrogen (secondary N) is 1. The molecule has 0 saturated carbocycles. The largest absolute Gasteiger partial charge is 0.464 e. The zero-order chi connectivity index (χ0) is 14.2. The summed E-state index contributed by atoms with van der Waals surface area (Å²) in [7, 11) is 0. The number of carbonyl (C=O) groups excluding carboxylic acids is 1. The first-order valence-corrected chi connectivity index (χ1v) is 8.67. The Morgan fingerprint density at radius 1 is 1.35 bits per heavy atom. The summed E-state index contributed by atoms with van der Waals surface area (Å²) in [6.45, 7) is 3.64. The standard InChI is InChI=1S/C16H25NO2S/c1-2-3-4-5-6-7-11-19-16(18)15-13-9-12-20-14(13)8-10-17-15/h9,12,15,17H,2-8,10-11H2,1H3. The lowest BCUT2D eigenvalue weighted by molar-refractivity contribution is -0.146. The monoisotopic (exact) mass is 295 g/mol. The molecule has 1 N–H and O–H groups in total. The van der Waals surface area contributed by atoms with Crippen LogP contribution in [0.25, 0.3) is 0 Å². The Kier molecular flexibility index (Phi) is 6.54. The molecule has 0 aliphatic carbocycles. The molecule has 1 aromatic rings. The molecule has 112 valence electrons. The van der Waals surface area contributed by atoms with Crippen LogP contribution in [-0.2, 0) is 16.0 Å². The Morgan fingerprint density at radius 2 is 2.15 bits per heavy atom. The fourth-order valence-corrected chi connectivity index (χ4v) is 3.52. The molecule has 0 bridgehead atoms. The molecule has 1 aliphatic rings. The number of carbonyl (C=O) groups is 1. The molecule has 1 aliphatic heterocycles. The average Bonchev–Trinajstić information content (AvgIpc) is 2.94. The fourth-order valence-electron chi connectivity index (χ4n) is 2.60. The van der Waals surface area contributed by atoms with Crippen molar-refractivity contribution in [2.75, 3.05) is 13.2 Å². The van der Waals surface area contributed by atoms with Gasteiger partial charge in [0, 0.05) is 11.4 Å². The molecule has 1 unspecified atom stereocenters. The van der Waals surface area contributed by atoms with E-state index >= 15 is 0 Å². The molecule has 0 amide bonds. The maximum absolute atomic E-state index is 12.1. The number of esters is 1. The van der Waals surface area contributed by atoms with Gasteiger partial charge < -0.3 is 10.1 Å². The van der Waals surface area contributed by atoms with Gasteiger partial charge in [0.2, 0.25) is 0 Å². The smallest absolute Gasteiger partial charge is 0.327 e. The second-order valence-corrected chi connectivity index (χ2v) is 6.37. The lowest BCUT2D eigenvalue weighted by atomic mass is 10.0. The molecule has 2 rings (SSSR count). The first-order chi connectivity index (χ1) is 9.83. The molecular formula is C16H25NO2S. The Balaban J connectivity index is 1.66. The van der Waals surface area contributed by atoms with Gasteiger partial charge in [0.25, 0.3) is 0 Å². The lowest BCUT2D eigenvalue weighted by Crippen LogP contribution is -2.35. The number of unbranched alkanes of at least 4 members (excludes halogenated alkanes) is 5. The minimum Gasteiger partial charge on any atom is -0.464 e. The average molecular weight is 295 g/mol. The summed E-state index contributed by atoms with van der Waals surface area (Å²) in [6, 6.07) is 1.80. The van der Waals surface area contributed by atoms with E-state index < -0.39 is 0 Å². The fraction of sp³-hybridized carbons (Fsp3) is 0.688. The minimum atomic E-state index is -0.245. The van der Waals surface area contributed by atoms with Crippen LogP contribution in [0.2, 0.25) is 0 Å². The van der Waals surface area contributed by atoms with Crippen molar-refractivity contribution >= 4 is 17.3 Å². The van der Waals surface area contributed by atoms with E-state index in [9.17, 15) is 4.79 Å². The van der Waals surface area contributed by atoms with Crippen LogP contribution in [-0.4, -0.2) is 19.1 Å². The second-order valence-electron chi connectivity index (χ2n) is 5.37. The van der Waals surface area contributed by atoms with Crippen molar-refractivity contribution in [3.63, 3.8) is 0 Å². The highest BCUT2D eigenvalue weighted by atomic mass is 32.1. The number of thiophene rings is 1. The van der Waals surface area contributed by atoms with Gasteiger partial charge in [-0.2, -0.15) is 0 Å². The quantitative estimate of drug-likeness (QED) is 0.585. The van der Waals surface area contributed by atoms with E-state index in [1.807, 2.05) is 6.07 Å². The summed E-state index contributed by atoms with van der Waals surface area (Å²) in [4.78, 5) is 13.4. The molecule has 20 heavy (non-hydrogen) atoms. The van der Waals surface area contributed by atoms with Crippen LogP contribution in [0, 0.1) is 0 Å². The molecule has 1 atom stereocenters. The normalized spacial score (nSPS) is 17.8. The highest BCUT2D eigenvalue weighted by Crippen LogP contribution is 2.28. The highest BCUT2D eigenvalue weighted by molar-refractivity contribution is 7.10. The van der Waals surface area contributed by atoms with Gasteiger partial charge in [0.05, 0.1) is 6.61 Å². The van der Waals surface area contributed by atoms with Gasteiger partial charge in [0.15, 0.2) is 0 Å². The number of fused-ring (bicyclic) bond motifs is 1. The number of hydrogen-bond donors (Lipinski definition) is 1. The van der Waals surface area contributed by atoms with Crippen molar-refractivity contribution in [2.45, 2.75) is 57.9 Å². The molecule has 1 aromatic heterocycles. The topological polar surface area (TPSA) is 38.3 Å². The van der Waals surface area contributed by atoms with Gasteiger partial charge in [-0.05, 0) is 29.9 Å². The zero-order valence-corrected chi connectivity index (χ0v) is 13.1. The van der Waals surface area contributed by atoms with Gasteiger partial charge in [-0.25, -0.2) is 4.79 Å².